The highest BCUT2D eigenvalue weighted by Crippen LogP contribution is 2.23. The highest BCUT2D eigenvalue weighted by molar-refractivity contribution is 5.86. The van der Waals surface area contributed by atoms with Gasteiger partial charge in [-0.2, -0.15) is 10.2 Å². The Morgan fingerprint density at radius 1 is 0.968 bits per heavy atom. The van der Waals surface area contributed by atoms with E-state index in [-0.39, 0.29) is 17.9 Å². The number of para-hydroxylation sites is 1. The van der Waals surface area contributed by atoms with E-state index in [0.29, 0.717) is 13.1 Å². The fourth-order valence-corrected chi connectivity index (χ4v) is 3.19. The maximum absolute atomic E-state index is 12.4. The smallest absolute Gasteiger partial charge is 0.338 e. The molecule has 0 fully saturated rings. The van der Waals surface area contributed by atoms with Gasteiger partial charge in [0, 0.05) is 43.0 Å². The molecule has 0 saturated carbocycles. The van der Waals surface area contributed by atoms with Crippen molar-refractivity contribution in [1.82, 2.24) is 24.9 Å². The molecule has 0 aliphatic heterocycles. The molecule has 8 heteroatoms. The van der Waals surface area contributed by atoms with Gasteiger partial charge in [0.1, 0.15) is 0 Å². The molecule has 31 heavy (non-hydrogen) atoms. The largest absolute Gasteiger partial charge is 0.478 e. The molecule has 0 radical (unpaired) electrons. The van der Waals surface area contributed by atoms with Gasteiger partial charge in [-0.1, -0.05) is 48.5 Å². The summed E-state index contributed by atoms with van der Waals surface area (Å²) < 4.78 is 3.26. The fourth-order valence-electron chi connectivity index (χ4n) is 3.19. The number of carbonyl (C=O) groups excluding carboxylic acids is 1. The summed E-state index contributed by atoms with van der Waals surface area (Å²) in [7, 11) is 0. The number of rotatable bonds is 8. The molecule has 2 aromatic carbocycles. The maximum Gasteiger partial charge on any atom is 0.338 e. The molecule has 0 saturated heterocycles. The van der Waals surface area contributed by atoms with Crippen LogP contribution in [-0.2, 0) is 17.9 Å². The number of benzene rings is 2. The molecule has 0 aliphatic rings. The summed E-state index contributed by atoms with van der Waals surface area (Å²) >= 11 is 0. The third kappa shape index (κ3) is 4.87. The third-order valence-corrected chi connectivity index (χ3v) is 4.78. The quantitative estimate of drug-likeness (QED) is 0.460. The summed E-state index contributed by atoms with van der Waals surface area (Å²) in [6.07, 6.45) is 4.79. The van der Waals surface area contributed by atoms with Crippen molar-refractivity contribution in [3.05, 3.63) is 90.4 Å². The molecule has 156 valence electrons. The maximum atomic E-state index is 12.4. The Bertz CT molecular complexity index is 1180. The number of carboxylic acid groups (broad SMARTS) is 1. The van der Waals surface area contributed by atoms with Crippen LogP contribution in [0.4, 0.5) is 0 Å². The molecule has 1 amide bonds. The van der Waals surface area contributed by atoms with Gasteiger partial charge in [-0.05, 0) is 12.1 Å². The Kier molecular flexibility index (Phi) is 5.89. The summed E-state index contributed by atoms with van der Waals surface area (Å²) in [6.45, 7) is 0.628. The molecule has 2 N–H and O–H groups in total. The minimum atomic E-state index is -1.04. The Morgan fingerprint density at radius 2 is 1.68 bits per heavy atom. The first-order valence-corrected chi connectivity index (χ1v) is 9.82. The van der Waals surface area contributed by atoms with Crippen LogP contribution in [0, 0.1) is 0 Å². The van der Waals surface area contributed by atoms with Crippen LogP contribution < -0.4 is 5.32 Å². The molecule has 0 unspecified atom stereocenters. The van der Waals surface area contributed by atoms with Crippen LogP contribution in [0.1, 0.15) is 22.3 Å². The molecule has 0 aliphatic carbocycles. The number of carbonyl (C=O) groups is 2. The minimum absolute atomic E-state index is 0.0984. The van der Waals surface area contributed by atoms with Crippen LogP contribution in [0.25, 0.3) is 16.9 Å². The zero-order valence-corrected chi connectivity index (χ0v) is 16.7. The summed E-state index contributed by atoms with van der Waals surface area (Å²) in [4.78, 5) is 23.3. The molecule has 4 aromatic rings. The Hall–Kier alpha value is -4.20. The van der Waals surface area contributed by atoms with E-state index in [9.17, 15) is 9.59 Å². The summed E-state index contributed by atoms with van der Waals surface area (Å²) in [5.74, 6) is -1.20. The average Bonchev–Trinajstić information content (AvgIpc) is 3.45. The number of nitrogens with zero attached hydrogens (tertiary/aromatic N) is 4. The SMILES string of the molecule is O=C(CCn1cc(C(=O)O)cn1)NCc1cn(-c2ccccc2)nc1-c1ccccc1. The number of carboxylic acids is 1. The van der Waals surface area contributed by atoms with Crippen molar-refractivity contribution in [1.29, 1.82) is 0 Å². The first-order chi connectivity index (χ1) is 15.1. The molecule has 2 aromatic heterocycles. The predicted molar refractivity (Wildman–Crippen MR) is 115 cm³/mol. The highest BCUT2D eigenvalue weighted by atomic mass is 16.4. The van der Waals surface area contributed by atoms with Gasteiger partial charge in [-0.15, -0.1) is 0 Å². The van der Waals surface area contributed by atoms with Crippen LogP contribution in [-0.4, -0.2) is 36.5 Å². The lowest BCUT2D eigenvalue weighted by molar-refractivity contribution is -0.121. The lowest BCUT2D eigenvalue weighted by Gasteiger charge is -2.06. The van der Waals surface area contributed by atoms with Crippen LogP contribution in [0.5, 0.6) is 0 Å². The van der Waals surface area contributed by atoms with Crippen LogP contribution in [0.3, 0.4) is 0 Å². The monoisotopic (exact) mass is 415 g/mol. The zero-order chi connectivity index (χ0) is 21.6. The molecule has 8 nitrogen and oxygen atoms in total. The van der Waals surface area contributed by atoms with Crippen molar-refractivity contribution in [2.75, 3.05) is 0 Å². The van der Waals surface area contributed by atoms with Crippen molar-refractivity contribution < 1.29 is 14.7 Å². The van der Waals surface area contributed by atoms with E-state index in [1.165, 1.54) is 17.1 Å². The second kappa shape index (κ2) is 9.08. The predicted octanol–water partition coefficient (Wildman–Crippen LogP) is 3.14. The van der Waals surface area contributed by atoms with Crippen LogP contribution in [0.2, 0.25) is 0 Å². The van der Waals surface area contributed by atoms with E-state index < -0.39 is 5.97 Å². The summed E-state index contributed by atoms with van der Waals surface area (Å²) in [5.41, 5.74) is 3.71. The van der Waals surface area contributed by atoms with Gasteiger partial charge in [0.15, 0.2) is 0 Å². The Labute approximate surface area is 178 Å². The van der Waals surface area contributed by atoms with E-state index in [1.807, 2.05) is 66.9 Å². The van der Waals surface area contributed by atoms with Gasteiger partial charge in [0.2, 0.25) is 5.91 Å². The lowest BCUT2D eigenvalue weighted by atomic mass is 10.1. The molecular weight excluding hydrogens is 394 g/mol. The van der Waals surface area contributed by atoms with Gasteiger partial charge in [-0.25, -0.2) is 9.48 Å². The highest BCUT2D eigenvalue weighted by Gasteiger charge is 2.14. The van der Waals surface area contributed by atoms with E-state index in [2.05, 4.69) is 10.4 Å². The third-order valence-electron chi connectivity index (χ3n) is 4.78. The number of nitrogens with one attached hydrogen (secondary N) is 1. The number of hydrogen-bond acceptors (Lipinski definition) is 4. The second-order valence-corrected chi connectivity index (χ2v) is 6.97. The average molecular weight is 415 g/mol. The van der Waals surface area contributed by atoms with Gasteiger partial charge < -0.3 is 10.4 Å². The number of aryl methyl sites for hydroxylation is 1. The van der Waals surface area contributed by atoms with Crippen LogP contribution in [0.15, 0.2) is 79.3 Å². The van der Waals surface area contributed by atoms with Gasteiger partial charge in [0.25, 0.3) is 0 Å². The van der Waals surface area contributed by atoms with E-state index >= 15 is 0 Å². The Balaban J connectivity index is 1.46. The molecule has 0 bridgehead atoms. The topological polar surface area (TPSA) is 102 Å². The minimum Gasteiger partial charge on any atom is -0.478 e. The summed E-state index contributed by atoms with van der Waals surface area (Å²) in [6, 6.07) is 19.6. The molecule has 0 atom stereocenters. The van der Waals surface area contributed by atoms with Crippen LogP contribution >= 0.6 is 0 Å². The lowest BCUT2D eigenvalue weighted by Crippen LogP contribution is -2.24. The first-order valence-electron chi connectivity index (χ1n) is 9.82. The Morgan fingerprint density at radius 3 is 2.35 bits per heavy atom. The van der Waals surface area contributed by atoms with Crippen molar-refractivity contribution in [2.45, 2.75) is 19.5 Å². The number of hydrogen-bond donors (Lipinski definition) is 2. The van der Waals surface area contributed by atoms with E-state index in [4.69, 9.17) is 10.2 Å². The fraction of sp³-hybridized carbons (Fsp3) is 0.130. The van der Waals surface area contributed by atoms with Crippen molar-refractivity contribution in [3.63, 3.8) is 0 Å². The van der Waals surface area contributed by atoms with E-state index in [0.717, 1.165) is 22.5 Å². The zero-order valence-electron chi connectivity index (χ0n) is 16.7. The number of aromatic nitrogens is 4. The van der Waals surface area contributed by atoms with Gasteiger partial charge >= 0.3 is 5.97 Å². The second-order valence-electron chi connectivity index (χ2n) is 6.97. The van der Waals surface area contributed by atoms with Gasteiger partial charge in [0.05, 0.1) is 23.1 Å². The standard InChI is InChI=1S/C23H21N5O3/c29-21(11-12-27-15-19(14-25-27)23(30)31)24-13-18-16-28(20-9-5-2-6-10-20)26-22(18)17-7-3-1-4-8-17/h1-10,14-16H,11-13H2,(H,24,29)(H,30,31). The molecule has 4 rings (SSSR count). The number of aromatic carboxylic acids is 1. The summed E-state index contributed by atoms with van der Waals surface area (Å²) in [5, 5.41) is 20.6. The molecular formula is C23H21N5O3. The van der Waals surface area contributed by atoms with Gasteiger partial charge in [-0.3, -0.25) is 9.48 Å². The number of amides is 1. The molecule has 0 spiro atoms. The first kappa shape index (κ1) is 20.1. The van der Waals surface area contributed by atoms with Crippen molar-refractivity contribution in [2.24, 2.45) is 0 Å². The van der Waals surface area contributed by atoms with Crippen molar-refractivity contribution in [3.8, 4) is 16.9 Å². The molecule has 2 heterocycles. The normalized spacial score (nSPS) is 10.7. The van der Waals surface area contributed by atoms with Crippen molar-refractivity contribution >= 4 is 11.9 Å². The van der Waals surface area contributed by atoms with E-state index in [1.54, 1.807) is 4.68 Å².